The van der Waals surface area contributed by atoms with E-state index in [1.54, 1.807) is 6.08 Å². The van der Waals surface area contributed by atoms with Crippen LogP contribution in [0.5, 0.6) is 0 Å². The Labute approximate surface area is 97.1 Å². The highest BCUT2D eigenvalue weighted by atomic mass is 16.1. The third kappa shape index (κ3) is 1.85. The summed E-state index contributed by atoms with van der Waals surface area (Å²) < 4.78 is 0. The predicted octanol–water partition coefficient (Wildman–Crippen LogP) is 3.21. The molecule has 1 saturated carbocycles. The number of rotatable bonds is 3. The number of carbonyl (C=O) groups excluding carboxylic acids is 2. The number of fused-ring (bicyclic) bond motifs is 1. The normalized spacial score (nSPS) is 29.9. The molecule has 0 radical (unpaired) electrons. The number of allylic oxidation sites excluding steroid dienone is 2. The second-order valence-electron chi connectivity index (χ2n) is 5.10. The van der Waals surface area contributed by atoms with Crippen LogP contribution >= 0.6 is 0 Å². The molecule has 0 aromatic carbocycles. The van der Waals surface area contributed by atoms with Crippen molar-refractivity contribution in [3.8, 4) is 0 Å². The number of hydrogen-bond donors (Lipinski definition) is 0. The minimum absolute atomic E-state index is 0.219. The van der Waals surface area contributed by atoms with E-state index in [0.717, 1.165) is 50.5 Å². The molecule has 2 aliphatic rings. The molecular formula is C14H20O2. The van der Waals surface area contributed by atoms with E-state index in [4.69, 9.17) is 0 Å². The van der Waals surface area contributed by atoms with Crippen LogP contribution in [-0.2, 0) is 9.59 Å². The lowest BCUT2D eigenvalue weighted by Gasteiger charge is -2.40. The van der Waals surface area contributed by atoms with Crippen LogP contribution in [0.3, 0.4) is 0 Å². The van der Waals surface area contributed by atoms with Crippen molar-refractivity contribution in [1.29, 1.82) is 0 Å². The van der Waals surface area contributed by atoms with Gasteiger partial charge < -0.3 is 0 Å². The molecule has 0 spiro atoms. The number of carbonyl (C=O) groups is 2. The molecule has 2 rings (SSSR count). The molecule has 16 heavy (non-hydrogen) atoms. The summed E-state index contributed by atoms with van der Waals surface area (Å²) in [5, 5.41) is 0. The van der Waals surface area contributed by atoms with Crippen LogP contribution in [0.25, 0.3) is 0 Å². The molecule has 0 heterocycles. The first kappa shape index (κ1) is 11.6. The molecular weight excluding hydrogens is 200 g/mol. The summed E-state index contributed by atoms with van der Waals surface area (Å²) in [4.78, 5) is 23.7. The van der Waals surface area contributed by atoms with Gasteiger partial charge in [-0.3, -0.25) is 9.59 Å². The van der Waals surface area contributed by atoms with Gasteiger partial charge in [-0.15, -0.1) is 0 Å². The second kappa shape index (κ2) is 4.52. The number of unbranched alkanes of at least 4 members (excludes halogenated alkanes) is 1. The first-order chi connectivity index (χ1) is 7.69. The summed E-state index contributed by atoms with van der Waals surface area (Å²) in [6.07, 6.45) is 8.91. The number of hydrogen-bond acceptors (Lipinski definition) is 2. The Hall–Kier alpha value is -0.920. The maximum Gasteiger partial charge on any atom is 0.155 e. The van der Waals surface area contributed by atoms with Gasteiger partial charge in [-0.1, -0.05) is 25.3 Å². The minimum Gasteiger partial charge on any atom is -0.299 e. The molecule has 2 nitrogen and oxygen atoms in total. The summed E-state index contributed by atoms with van der Waals surface area (Å²) in [6, 6.07) is 0. The molecule has 1 unspecified atom stereocenters. The van der Waals surface area contributed by atoms with Crippen molar-refractivity contribution >= 4 is 11.6 Å². The van der Waals surface area contributed by atoms with Gasteiger partial charge in [-0.25, -0.2) is 0 Å². The summed E-state index contributed by atoms with van der Waals surface area (Å²) >= 11 is 0. The van der Waals surface area contributed by atoms with E-state index < -0.39 is 0 Å². The highest BCUT2D eigenvalue weighted by Crippen LogP contribution is 2.47. The molecule has 0 aromatic heterocycles. The molecule has 1 fully saturated rings. The Morgan fingerprint density at radius 3 is 2.81 bits per heavy atom. The zero-order chi connectivity index (χ0) is 11.6. The van der Waals surface area contributed by atoms with Gasteiger partial charge in [0, 0.05) is 12.8 Å². The fourth-order valence-electron chi connectivity index (χ4n) is 3.11. The van der Waals surface area contributed by atoms with Gasteiger partial charge in [0.05, 0.1) is 5.41 Å². The fraction of sp³-hybridized carbons (Fsp3) is 0.714. The molecule has 0 N–H and O–H groups in total. The van der Waals surface area contributed by atoms with Gasteiger partial charge in [0.25, 0.3) is 0 Å². The van der Waals surface area contributed by atoms with E-state index in [1.165, 1.54) is 0 Å². The maximum absolute atomic E-state index is 12.2. The van der Waals surface area contributed by atoms with Crippen LogP contribution in [0, 0.1) is 5.41 Å². The molecule has 0 aliphatic heterocycles. The number of ketones is 2. The Morgan fingerprint density at radius 1 is 1.25 bits per heavy atom. The van der Waals surface area contributed by atoms with E-state index in [0.29, 0.717) is 12.2 Å². The lowest BCUT2D eigenvalue weighted by Crippen LogP contribution is -2.39. The Morgan fingerprint density at radius 2 is 2.06 bits per heavy atom. The van der Waals surface area contributed by atoms with Gasteiger partial charge in [0.1, 0.15) is 5.78 Å². The lowest BCUT2D eigenvalue weighted by atomic mass is 9.61. The van der Waals surface area contributed by atoms with Crippen molar-refractivity contribution < 1.29 is 9.59 Å². The smallest absolute Gasteiger partial charge is 0.155 e. The first-order valence-electron chi connectivity index (χ1n) is 6.46. The topological polar surface area (TPSA) is 34.1 Å². The highest BCUT2D eigenvalue weighted by molar-refractivity contribution is 5.97. The van der Waals surface area contributed by atoms with Gasteiger partial charge >= 0.3 is 0 Å². The monoisotopic (exact) mass is 220 g/mol. The Bertz CT molecular complexity index is 341. The summed E-state index contributed by atoms with van der Waals surface area (Å²) in [5.41, 5.74) is 0.913. The second-order valence-corrected chi connectivity index (χ2v) is 5.10. The van der Waals surface area contributed by atoms with Gasteiger partial charge in [-0.05, 0) is 31.8 Å². The van der Waals surface area contributed by atoms with Crippen LogP contribution < -0.4 is 0 Å². The van der Waals surface area contributed by atoms with Crippen molar-refractivity contribution in [3.05, 3.63) is 11.6 Å². The maximum atomic E-state index is 12.2. The Kier molecular flexibility index (Phi) is 3.27. The Balaban J connectivity index is 2.29. The quantitative estimate of drug-likeness (QED) is 0.732. The van der Waals surface area contributed by atoms with E-state index in [9.17, 15) is 9.59 Å². The minimum atomic E-state index is -0.234. The van der Waals surface area contributed by atoms with Gasteiger partial charge in [-0.2, -0.15) is 0 Å². The SMILES string of the molecule is CCCCC12CCC(=O)C=C1CCCC2=O. The average molecular weight is 220 g/mol. The van der Waals surface area contributed by atoms with Crippen LogP contribution in [0.15, 0.2) is 11.6 Å². The van der Waals surface area contributed by atoms with Gasteiger partial charge in [0.15, 0.2) is 5.78 Å². The van der Waals surface area contributed by atoms with E-state index in [-0.39, 0.29) is 11.2 Å². The molecule has 0 saturated heterocycles. The highest BCUT2D eigenvalue weighted by Gasteiger charge is 2.44. The number of Topliss-reactive ketones (excluding diaryl/α,β-unsaturated/α-hetero) is 1. The molecule has 0 bridgehead atoms. The van der Waals surface area contributed by atoms with Crippen LogP contribution in [0.2, 0.25) is 0 Å². The van der Waals surface area contributed by atoms with E-state index >= 15 is 0 Å². The van der Waals surface area contributed by atoms with Crippen molar-refractivity contribution in [1.82, 2.24) is 0 Å². The molecule has 0 aromatic rings. The van der Waals surface area contributed by atoms with Crippen molar-refractivity contribution in [3.63, 3.8) is 0 Å². The molecule has 0 amide bonds. The zero-order valence-corrected chi connectivity index (χ0v) is 10.1. The van der Waals surface area contributed by atoms with E-state index in [2.05, 4.69) is 6.92 Å². The summed E-state index contributed by atoms with van der Waals surface area (Å²) in [5.74, 6) is 0.614. The summed E-state index contributed by atoms with van der Waals surface area (Å²) in [7, 11) is 0. The van der Waals surface area contributed by atoms with Crippen molar-refractivity contribution in [2.24, 2.45) is 5.41 Å². The zero-order valence-electron chi connectivity index (χ0n) is 10.1. The third-order valence-electron chi connectivity index (χ3n) is 4.09. The van der Waals surface area contributed by atoms with Crippen LogP contribution in [0.1, 0.15) is 58.3 Å². The van der Waals surface area contributed by atoms with Crippen molar-refractivity contribution in [2.75, 3.05) is 0 Å². The first-order valence-corrected chi connectivity index (χ1v) is 6.46. The average Bonchev–Trinajstić information content (AvgIpc) is 2.28. The molecule has 88 valence electrons. The van der Waals surface area contributed by atoms with Crippen molar-refractivity contribution in [2.45, 2.75) is 58.3 Å². The predicted molar refractivity (Wildman–Crippen MR) is 63.1 cm³/mol. The third-order valence-corrected chi connectivity index (χ3v) is 4.09. The fourth-order valence-corrected chi connectivity index (χ4v) is 3.11. The van der Waals surface area contributed by atoms with Crippen LogP contribution in [-0.4, -0.2) is 11.6 Å². The van der Waals surface area contributed by atoms with E-state index in [1.807, 2.05) is 0 Å². The summed E-state index contributed by atoms with van der Waals surface area (Å²) in [6.45, 7) is 2.15. The van der Waals surface area contributed by atoms with Gasteiger partial charge in [0.2, 0.25) is 0 Å². The van der Waals surface area contributed by atoms with Crippen LogP contribution in [0.4, 0.5) is 0 Å². The molecule has 2 heteroatoms. The lowest BCUT2D eigenvalue weighted by molar-refractivity contribution is -0.130. The molecule has 2 aliphatic carbocycles. The molecule has 1 atom stereocenters. The largest absolute Gasteiger partial charge is 0.299 e. The standard InChI is InChI=1S/C14H20O2/c1-2-3-8-14-9-7-12(15)10-11(14)5-4-6-13(14)16/h10H,2-9H2,1H3.